The van der Waals surface area contributed by atoms with Crippen LogP contribution < -0.4 is 0 Å². The Morgan fingerprint density at radius 3 is 1.60 bits per heavy atom. The van der Waals surface area contributed by atoms with E-state index >= 15 is 0 Å². The minimum atomic E-state index is -4.12. The molecule has 0 unspecified atom stereocenters. The van der Waals surface area contributed by atoms with Gasteiger partial charge in [0, 0.05) is 0 Å². The summed E-state index contributed by atoms with van der Waals surface area (Å²) in [6.45, 7) is 0. The Morgan fingerprint density at radius 1 is 1.60 bits per heavy atom. The number of hydrogen-bond acceptors (Lipinski definition) is 1. The van der Waals surface area contributed by atoms with E-state index in [1.165, 1.54) is 0 Å². The van der Waals surface area contributed by atoms with E-state index in [9.17, 15) is 3.83 Å². The second-order valence-corrected chi connectivity index (χ2v) is 7.06. The zero-order valence-electron chi connectivity index (χ0n) is 2.12. The molecule has 0 saturated carbocycles. The molecule has 0 aliphatic heterocycles. The van der Waals surface area contributed by atoms with Gasteiger partial charge in [-0.1, -0.05) is 0 Å². The van der Waals surface area contributed by atoms with E-state index in [0.29, 0.717) is 0 Å². The van der Waals surface area contributed by atoms with Crippen LogP contribution in [0.25, 0.3) is 0 Å². The van der Waals surface area contributed by atoms with Crippen LogP contribution in [0.2, 0.25) is 0 Å². The van der Waals surface area contributed by atoms with Crippen LogP contribution in [0.15, 0.2) is 0 Å². The molecule has 0 aliphatic rings. The molecule has 0 bridgehead atoms. The van der Waals surface area contributed by atoms with Gasteiger partial charge in [-0.15, -0.1) is 0 Å². The molecule has 0 atom stereocenters. The van der Waals surface area contributed by atoms with Crippen LogP contribution in [0.1, 0.15) is 0 Å². The Labute approximate surface area is 37.4 Å². The summed E-state index contributed by atoms with van der Waals surface area (Å²) in [4.78, 5) is 0. The molecule has 5 heavy (non-hydrogen) atoms. The van der Waals surface area contributed by atoms with Crippen LogP contribution in [0.4, 0.5) is 0 Å². The van der Waals surface area contributed by atoms with Crippen LogP contribution in [0.3, 0.4) is 0 Å². The third-order valence-corrected chi connectivity index (χ3v) is 0. The first kappa shape index (κ1) is 5.76. The van der Waals surface area contributed by atoms with Crippen LogP contribution in [-0.4, -0.2) is 33.1 Å². The van der Waals surface area contributed by atoms with E-state index in [1.54, 1.807) is 13.7 Å². The maximum absolute atomic E-state index is 9.32. The summed E-state index contributed by atoms with van der Waals surface area (Å²) in [5.74, 6) is 0. The SMILES string of the molecule is O=[Se](O)(O)=[Se]. The van der Waals surface area contributed by atoms with Gasteiger partial charge in [-0.05, 0) is 0 Å². The second-order valence-electron chi connectivity index (χ2n) is 0.448. The summed E-state index contributed by atoms with van der Waals surface area (Å²) in [5.41, 5.74) is 0. The molecule has 2 N–H and O–H groups in total. The first-order valence-corrected chi connectivity index (χ1v) is 7.26. The van der Waals surface area contributed by atoms with Gasteiger partial charge in [-0.25, -0.2) is 0 Å². The molecule has 5 heteroatoms. The Morgan fingerprint density at radius 2 is 1.60 bits per heavy atom. The van der Waals surface area contributed by atoms with Crippen molar-refractivity contribution in [3.8, 4) is 0 Å². The summed E-state index contributed by atoms with van der Waals surface area (Å²) in [7, 11) is 0. The van der Waals surface area contributed by atoms with Crippen molar-refractivity contribution in [1.29, 1.82) is 0 Å². The van der Waals surface area contributed by atoms with Crippen LogP contribution in [-0.2, 0) is 3.83 Å². The van der Waals surface area contributed by atoms with Crippen molar-refractivity contribution in [2.45, 2.75) is 0 Å². The van der Waals surface area contributed by atoms with Gasteiger partial charge in [0.2, 0.25) is 0 Å². The number of rotatable bonds is 0. The molecular formula is H2O3Se2. The van der Waals surface area contributed by atoms with Crippen molar-refractivity contribution in [2.24, 2.45) is 0 Å². The van der Waals surface area contributed by atoms with E-state index in [-0.39, 0.29) is 0 Å². The molecule has 0 aromatic rings. The van der Waals surface area contributed by atoms with E-state index in [4.69, 9.17) is 8.38 Å². The van der Waals surface area contributed by atoms with Crippen LogP contribution in [0, 0.1) is 0 Å². The second kappa shape index (κ2) is 1.47. The maximum atomic E-state index is 9.32. The summed E-state index contributed by atoms with van der Waals surface area (Å²) in [6.07, 6.45) is 0. The van der Waals surface area contributed by atoms with Gasteiger partial charge in [-0.3, -0.25) is 0 Å². The fraction of sp³-hybridized carbons (Fsp3) is 0. The van der Waals surface area contributed by atoms with Gasteiger partial charge in [0.1, 0.15) is 0 Å². The molecule has 0 spiro atoms. The van der Waals surface area contributed by atoms with Gasteiger partial charge < -0.3 is 0 Å². The normalized spacial score (nSPS) is 11.6. The molecule has 32 valence electrons. The van der Waals surface area contributed by atoms with Gasteiger partial charge in [-0.2, -0.15) is 0 Å². The molecule has 0 aromatic carbocycles. The van der Waals surface area contributed by atoms with E-state index in [2.05, 4.69) is 0 Å². The molecule has 0 heterocycles. The van der Waals surface area contributed by atoms with Crippen LogP contribution >= 0.6 is 0 Å². The quantitative estimate of drug-likeness (QED) is 0.453. The summed E-state index contributed by atoms with van der Waals surface area (Å²) < 4.78 is 24.6. The van der Waals surface area contributed by atoms with E-state index in [0.717, 1.165) is 0 Å². The Bertz CT molecular complexity index is 88.1. The average Bonchev–Trinajstić information content (AvgIpc) is 0.722. The van der Waals surface area contributed by atoms with Gasteiger partial charge >= 0.3 is 36.9 Å². The Kier molecular flexibility index (Phi) is 1.70. The summed E-state index contributed by atoms with van der Waals surface area (Å²) in [5, 5.41) is 0. The third-order valence-electron chi connectivity index (χ3n) is 0. The van der Waals surface area contributed by atoms with Crippen molar-refractivity contribution in [2.75, 3.05) is 0 Å². The first-order chi connectivity index (χ1) is 2.00. The van der Waals surface area contributed by atoms with Crippen molar-refractivity contribution in [1.82, 2.24) is 0 Å². The molecule has 0 aliphatic carbocycles. The molecular weight excluding hydrogens is 206 g/mol. The van der Waals surface area contributed by atoms with Crippen molar-refractivity contribution in [3.05, 3.63) is 0 Å². The third kappa shape index (κ3) is 62.9. The topological polar surface area (TPSA) is 57.5 Å². The molecule has 0 amide bonds. The van der Waals surface area contributed by atoms with Gasteiger partial charge in [0.25, 0.3) is 0 Å². The molecule has 3 nitrogen and oxygen atoms in total. The fourth-order valence-electron chi connectivity index (χ4n) is 0. The van der Waals surface area contributed by atoms with Crippen molar-refractivity contribution < 1.29 is 12.2 Å². The van der Waals surface area contributed by atoms with E-state index in [1.807, 2.05) is 0 Å². The van der Waals surface area contributed by atoms with Gasteiger partial charge in [0.05, 0.1) is 0 Å². The standard InChI is InChI=1S/H2O3Se2/c1-5(2,3)4/h(H2,1,2,3,4). The minimum absolute atomic E-state index is 1.69. The molecule has 0 aromatic heterocycles. The van der Waals surface area contributed by atoms with Crippen molar-refractivity contribution >= 4 is 24.7 Å². The average molecular weight is 208 g/mol. The Hall–Kier alpha value is 0.759. The van der Waals surface area contributed by atoms with Crippen molar-refractivity contribution in [3.63, 3.8) is 0 Å². The number of hydrogen-bond donors (Lipinski definition) is 2. The van der Waals surface area contributed by atoms with E-state index < -0.39 is 11.1 Å². The monoisotopic (exact) mass is 210 g/mol. The molecule has 0 saturated heterocycles. The zero-order chi connectivity index (χ0) is 4.50. The predicted octanol–water partition coefficient (Wildman–Crippen LogP) is -1.99. The summed E-state index contributed by atoms with van der Waals surface area (Å²) in [6, 6.07) is 0. The summed E-state index contributed by atoms with van der Waals surface area (Å²) >= 11 is -2.43. The first-order valence-electron chi connectivity index (χ1n) is 0.698. The Balaban J connectivity index is 4.06. The molecule has 0 radical (unpaired) electrons. The molecule has 0 rings (SSSR count). The predicted molar refractivity (Wildman–Crippen MR) is 16.6 cm³/mol. The molecule has 0 fully saturated rings. The zero-order valence-corrected chi connectivity index (χ0v) is 5.55. The van der Waals surface area contributed by atoms with Gasteiger partial charge in [0.15, 0.2) is 0 Å². The fourth-order valence-corrected chi connectivity index (χ4v) is 0. The van der Waals surface area contributed by atoms with Crippen LogP contribution in [0.5, 0.6) is 0 Å².